The van der Waals surface area contributed by atoms with Crippen LogP contribution in [-0.2, 0) is 13.1 Å². The van der Waals surface area contributed by atoms with Gasteiger partial charge in [0, 0.05) is 47.5 Å². The maximum atomic E-state index is 12.2. The Morgan fingerprint density at radius 3 is 2.71 bits per heavy atom. The van der Waals surface area contributed by atoms with E-state index >= 15 is 0 Å². The number of para-hydroxylation sites is 1. The number of aryl methyl sites for hydroxylation is 1. The third kappa shape index (κ3) is 1.57. The topological polar surface area (TPSA) is 25.2 Å². The summed E-state index contributed by atoms with van der Waals surface area (Å²) in [4.78, 5) is 14.0. The lowest BCUT2D eigenvalue weighted by molar-refractivity contribution is 0.0816. The lowest BCUT2D eigenvalue weighted by Crippen LogP contribution is -2.17. The van der Waals surface area contributed by atoms with Gasteiger partial charge in [-0.1, -0.05) is 25.1 Å². The van der Waals surface area contributed by atoms with Crippen molar-refractivity contribution in [2.75, 3.05) is 7.05 Å². The summed E-state index contributed by atoms with van der Waals surface area (Å²) >= 11 is 0. The summed E-state index contributed by atoms with van der Waals surface area (Å²) in [5, 5.41) is 2.52. The number of benzene rings is 2. The number of fused-ring (bicyclic) bond motifs is 5. The van der Waals surface area contributed by atoms with Crippen LogP contribution in [0.5, 0.6) is 0 Å². The minimum absolute atomic E-state index is 0.138. The molecule has 4 rings (SSSR count). The van der Waals surface area contributed by atoms with Crippen molar-refractivity contribution in [1.29, 1.82) is 0 Å². The second kappa shape index (κ2) is 4.35. The van der Waals surface area contributed by atoms with Crippen LogP contribution in [0.1, 0.15) is 29.3 Å². The molecule has 0 atom stereocenters. The van der Waals surface area contributed by atoms with Gasteiger partial charge in [-0.25, -0.2) is 0 Å². The van der Waals surface area contributed by atoms with Crippen LogP contribution in [0.15, 0.2) is 36.4 Å². The minimum Gasteiger partial charge on any atom is -0.340 e. The van der Waals surface area contributed by atoms with E-state index in [1.54, 1.807) is 4.90 Å². The first-order chi connectivity index (χ1) is 10.2. The highest BCUT2D eigenvalue weighted by atomic mass is 16.2. The Hall–Kier alpha value is -2.29. The van der Waals surface area contributed by atoms with Crippen molar-refractivity contribution in [1.82, 2.24) is 9.47 Å². The van der Waals surface area contributed by atoms with Gasteiger partial charge >= 0.3 is 0 Å². The Labute approximate surface area is 123 Å². The normalized spacial score (nSPS) is 14.4. The molecule has 0 radical (unpaired) electrons. The molecule has 3 nitrogen and oxygen atoms in total. The first kappa shape index (κ1) is 12.5. The van der Waals surface area contributed by atoms with Crippen LogP contribution >= 0.6 is 0 Å². The third-order valence-electron chi connectivity index (χ3n) is 4.47. The van der Waals surface area contributed by atoms with Gasteiger partial charge in [0.15, 0.2) is 0 Å². The maximum Gasteiger partial charge on any atom is 0.254 e. The van der Waals surface area contributed by atoms with E-state index in [4.69, 9.17) is 0 Å². The van der Waals surface area contributed by atoms with E-state index in [9.17, 15) is 4.79 Å². The molecule has 0 bridgehead atoms. The highest BCUT2D eigenvalue weighted by Gasteiger charge is 2.28. The lowest BCUT2D eigenvalue weighted by atomic mass is 10.0. The smallest absolute Gasteiger partial charge is 0.254 e. The van der Waals surface area contributed by atoms with Crippen LogP contribution < -0.4 is 0 Å². The van der Waals surface area contributed by atoms with E-state index in [0.29, 0.717) is 6.54 Å². The van der Waals surface area contributed by atoms with Gasteiger partial charge < -0.3 is 9.47 Å². The molecular weight excluding hydrogens is 260 g/mol. The second-order valence-corrected chi connectivity index (χ2v) is 5.82. The predicted octanol–water partition coefficient (Wildman–Crippen LogP) is 3.79. The molecule has 1 aromatic heterocycles. The first-order valence-electron chi connectivity index (χ1n) is 7.50. The van der Waals surface area contributed by atoms with E-state index in [2.05, 4.69) is 41.8 Å². The summed E-state index contributed by atoms with van der Waals surface area (Å²) in [6, 6.07) is 12.6. The zero-order chi connectivity index (χ0) is 14.6. The monoisotopic (exact) mass is 278 g/mol. The molecule has 0 aliphatic carbocycles. The Bertz CT molecular complexity index is 876. The number of nitrogens with zero attached hydrogens (tertiary/aromatic N) is 2. The standard InChI is InChI=1S/C18H18N2O/c1-3-10-20-15-7-5-4-6-13(15)17-14-11-19(2)18(21)12(14)8-9-16(17)20/h4-9H,3,10-11H2,1-2H3. The maximum absolute atomic E-state index is 12.2. The quantitative estimate of drug-likeness (QED) is 0.700. The number of rotatable bonds is 2. The van der Waals surface area contributed by atoms with Gasteiger partial charge in [-0.2, -0.15) is 0 Å². The van der Waals surface area contributed by atoms with Gasteiger partial charge in [0.05, 0.1) is 0 Å². The molecule has 3 heteroatoms. The molecule has 1 aliphatic rings. The molecule has 0 fully saturated rings. The lowest BCUT2D eigenvalue weighted by Gasteiger charge is -2.05. The molecule has 2 aromatic carbocycles. The number of aromatic nitrogens is 1. The second-order valence-electron chi connectivity index (χ2n) is 5.82. The number of hydrogen-bond donors (Lipinski definition) is 0. The van der Waals surface area contributed by atoms with Crippen LogP contribution in [0.4, 0.5) is 0 Å². The molecule has 0 N–H and O–H groups in total. The van der Waals surface area contributed by atoms with Crippen molar-refractivity contribution >= 4 is 27.7 Å². The van der Waals surface area contributed by atoms with Crippen molar-refractivity contribution in [3.05, 3.63) is 47.5 Å². The Balaban J connectivity index is 2.16. The first-order valence-corrected chi connectivity index (χ1v) is 7.50. The summed E-state index contributed by atoms with van der Waals surface area (Å²) in [7, 11) is 1.87. The van der Waals surface area contributed by atoms with Crippen molar-refractivity contribution in [3.8, 4) is 0 Å². The highest BCUT2D eigenvalue weighted by Crippen LogP contribution is 2.36. The van der Waals surface area contributed by atoms with Gasteiger partial charge in [-0.3, -0.25) is 4.79 Å². The fraction of sp³-hybridized carbons (Fsp3) is 0.278. The van der Waals surface area contributed by atoms with Gasteiger partial charge in [0.1, 0.15) is 0 Å². The molecule has 1 amide bonds. The van der Waals surface area contributed by atoms with Crippen LogP contribution in [0, 0.1) is 0 Å². The molecule has 0 saturated carbocycles. The fourth-order valence-electron chi connectivity index (χ4n) is 3.55. The van der Waals surface area contributed by atoms with Gasteiger partial charge in [-0.05, 0) is 30.2 Å². The van der Waals surface area contributed by atoms with Crippen LogP contribution in [0.2, 0.25) is 0 Å². The Kier molecular flexibility index (Phi) is 2.58. The Morgan fingerprint density at radius 1 is 1.10 bits per heavy atom. The van der Waals surface area contributed by atoms with E-state index in [-0.39, 0.29) is 5.91 Å². The van der Waals surface area contributed by atoms with Gasteiger partial charge in [0.2, 0.25) is 0 Å². The van der Waals surface area contributed by atoms with Crippen LogP contribution in [-0.4, -0.2) is 22.4 Å². The third-order valence-corrected chi connectivity index (χ3v) is 4.47. The average Bonchev–Trinajstić information content (AvgIpc) is 2.97. The van der Waals surface area contributed by atoms with Gasteiger partial charge in [-0.15, -0.1) is 0 Å². The predicted molar refractivity (Wildman–Crippen MR) is 85.5 cm³/mol. The largest absolute Gasteiger partial charge is 0.340 e. The highest BCUT2D eigenvalue weighted by molar-refractivity contribution is 6.14. The van der Waals surface area contributed by atoms with Crippen LogP contribution in [0.25, 0.3) is 21.8 Å². The van der Waals surface area contributed by atoms with Crippen LogP contribution in [0.3, 0.4) is 0 Å². The summed E-state index contributed by atoms with van der Waals surface area (Å²) in [5.74, 6) is 0.138. The van der Waals surface area contributed by atoms with Crippen molar-refractivity contribution in [2.24, 2.45) is 0 Å². The number of hydrogen-bond acceptors (Lipinski definition) is 1. The molecule has 106 valence electrons. The van der Waals surface area contributed by atoms with Crippen molar-refractivity contribution in [3.63, 3.8) is 0 Å². The van der Waals surface area contributed by atoms with E-state index in [0.717, 1.165) is 18.5 Å². The van der Waals surface area contributed by atoms with Crippen molar-refractivity contribution in [2.45, 2.75) is 26.4 Å². The molecule has 0 saturated heterocycles. The molecular formula is C18H18N2O. The molecule has 3 aromatic rings. The Morgan fingerprint density at radius 2 is 1.90 bits per heavy atom. The van der Waals surface area contributed by atoms with E-state index < -0.39 is 0 Å². The fourth-order valence-corrected chi connectivity index (χ4v) is 3.55. The van der Waals surface area contributed by atoms with E-state index in [1.165, 1.54) is 27.4 Å². The van der Waals surface area contributed by atoms with Crippen molar-refractivity contribution < 1.29 is 4.79 Å². The summed E-state index contributed by atoms with van der Waals surface area (Å²) in [5.41, 5.74) is 4.57. The summed E-state index contributed by atoms with van der Waals surface area (Å²) < 4.78 is 2.38. The molecule has 2 heterocycles. The molecule has 21 heavy (non-hydrogen) atoms. The minimum atomic E-state index is 0.138. The molecule has 1 aliphatic heterocycles. The SMILES string of the molecule is CCCn1c2ccccc2c2c3c(ccc21)C(=O)N(C)C3. The van der Waals surface area contributed by atoms with E-state index in [1.807, 2.05) is 13.1 Å². The zero-order valence-corrected chi connectivity index (χ0v) is 12.4. The molecule has 0 unspecified atom stereocenters. The summed E-state index contributed by atoms with van der Waals surface area (Å²) in [6.45, 7) is 3.92. The molecule has 0 spiro atoms. The zero-order valence-electron chi connectivity index (χ0n) is 12.4. The number of carbonyl (C=O) groups excluding carboxylic acids is 1. The van der Waals surface area contributed by atoms with Gasteiger partial charge in [0.25, 0.3) is 5.91 Å². The average molecular weight is 278 g/mol. The summed E-state index contributed by atoms with van der Waals surface area (Å²) in [6.07, 6.45) is 1.10. The number of amides is 1. The number of carbonyl (C=O) groups is 1.